The maximum atomic E-state index is 6.45. The first-order chi connectivity index (χ1) is 14.6. The van der Waals surface area contributed by atoms with E-state index in [1.807, 2.05) is 11.8 Å². The highest BCUT2D eigenvalue weighted by atomic mass is 35.5. The number of anilines is 2. The van der Waals surface area contributed by atoms with Gasteiger partial charge in [0.2, 0.25) is 0 Å². The van der Waals surface area contributed by atoms with Gasteiger partial charge in [0.25, 0.3) is 0 Å². The highest BCUT2D eigenvalue weighted by Crippen LogP contribution is 2.39. The number of rotatable bonds is 6. The van der Waals surface area contributed by atoms with Crippen molar-refractivity contribution in [1.29, 1.82) is 0 Å². The van der Waals surface area contributed by atoms with Crippen LogP contribution in [0.1, 0.15) is 31.2 Å². The minimum absolute atomic E-state index is 0.268. The summed E-state index contributed by atoms with van der Waals surface area (Å²) in [6.07, 6.45) is 5.29. The fourth-order valence-corrected chi connectivity index (χ4v) is 6.35. The van der Waals surface area contributed by atoms with E-state index in [1.165, 1.54) is 16.3 Å². The van der Waals surface area contributed by atoms with Crippen molar-refractivity contribution in [3.8, 4) is 0 Å². The normalized spacial score (nSPS) is 29.7. The summed E-state index contributed by atoms with van der Waals surface area (Å²) in [5, 5.41) is 9.51. The third kappa shape index (κ3) is 4.75. The number of nitrogens with one attached hydrogen (secondary N) is 2. The number of hydrogen-bond donors (Lipinski definition) is 3. The highest BCUT2D eigenvalue weighted by molar-refractivity contribution is 8.14. The number of likely N-dealkylation sites (tertiary alicyclic amines) is 1. The second kappa shape index (κ2) is 9.25. The number of aliphatic imine (C=N–C) groups is 1. The fraction of sp³-hybridized carbons (Fsp3) is 0.682. The lowest BCUT2D eigenvalue weighted by molar-refractivity contribution is 0.0904. The molecular weight excluding hydrogens is 418 g/mol. The van der Waals surface area contributed by atoms with Gasteiger partial charge < -0.3 is 26.0 Å². The smallest absolute Gasteiger partial charge is 0.0907 e. The van der Waals surface area contributed by atoms with Crippen molar-refractivity contribution in [2.75, 3.05) is 49.2 Å². The zero-order chi connectivity index (χ0) is 20.5. The van der Waals surface area contributed by atoms with Gasteiger partial charge in [0.15, 0.2) is 0 Å². The average molecular weight is 450 g/mol. The standard InChI is InChI=1S/C22H32ClN5OS/c23-15-9-14-10-20(27-21(14)19(11-15)25-17-3-7-29-8-4-17)22-26-18(13-30-22)2-6-28-5-1-16(24)12-28/h9,11,16-18,20,25,27H,1-8,10,12-13,24H2/t16-,18+,20?/m0/s1. The predicted octanol–water partition coefficient (Wildman–Crippen LogP) is 3.20. The topological polar surface area (TPSA) is 74.9 Å². The molecule has 2 fully saturated rings. The summed E-state index contributed by atoms with van der Waals surface area (Å²) < 4.78 is 5.50. The van der Waals surface area contributed by atoms with Crippen molar-refractivity contribution in [2.24, 2.45) is 10.7 Å². The predicted molar refractivity (Wildman–Crippen MR) is 127 cm³/mol. The number of thioether (sulfide) groups is 1. The minimum Gasteiger partial charge on any atom is -0.381 e. The number of hydrogen-bond acceptors (Lipinski definition) is 7. The van der Waals surface area contributed by atoms with Crippen LogP contribution >= 0.6 is 23.4 Å². The van der Waals surface area contributed by atoms with Crippen molar-refractivity contribution < 1.29 is 4.74 Å². The molecule has 4 aliphatic heterocycles. The second-order valence-electron chi connectivity index (χ2n) is 8.99. The van der Waals surface area contributed by atoms with Crippen LogP contribution in [0.5, 0.6) is 0 Å². The molecule has 1 aromatic carbocycles. The molecule has 4 heterocycles. The molecule has 8 heteroatoms. The van der Waals surface area contributed by atoms with E-state index in [-0.39, 0.29) is 6.04 Å². The van der Waals surface area contributed by atoms with Gasteiger partial charge in [-0.25, -0.2) is 0 Å². The van der Waals surface area contributed by atoms with E-state index in [2.05, 4.69) is 27.7 Å². The Morgan fingerprint density at radius 3 is 2.97 bits per heavy atom. The Hall–Kier alpha value is -0.990. The quantitative estimate of drug-likeness (QED) is 0.619. The number of ether oxygens (including phenoxy) is 1. The second-order valence-corrected chi connectivity index (χ2v) is 10.5. The molecule has 4 N–H and O–H groups in total. The van der Waals surface area contributed by atoms with Crippen LogP contribution in [0.3, 0.4) is 0 Å². The van der Waals surface area contributed by atoms with Crippen molar-refractivity contribution in [3.05, 3.63) is 22.7 Å². The van der Waals surface area contributed by atoms with Crippen molar-refractivity contribution in [3.63, 3.8) is 0 Å². The van der Waals surface area contributed by atoms with E-state index >= 15 is 0 Å². The molecule has 0 aliphatic carbocycles. The number of benzene rings is 1. The van der Waals surface area contributed by atoms with Gasteiger partial charge in [0.1, 0.15) is 0 Å². The van der Waals surface area contributed by atoms with Gasteiger partial charge >= 0.3 is 0 Å². The summed E-state index contributed by atoms with van der Waals surface area (Å²) in [6, 6.07) is 5.66. The van der Waals surface area contributed by atoms with Gasteiger partial charge in [-0.15, -0.1) is 11.8 Å². The molecule has 30 heavy (non-hydrogen) atoms. The van der Waals surface area contributed by atoms with Gasteiger partial charge in [-0.2, -0.15) is 0 Å². The molecule has 0 aromatic heterocycles. The lowest BCUT2D eigenvalue weighted by atomic mass is 10.1. The zero-order valence-electron chi connectivity index (χ0n) is 17.4. The van der Waals surface area contributed by atoms with Crippen LogP contribution in [0.2, 0.25) is 5.02 Å². The Morgan fingerprint density at radius 2 is 2.17 bits per heavy atom. The molecule has 0 bridgehead atoms. The number of fused-ring (bicyclic) bond motifs is 1. The van der Waals surface area contributed by atoms with Crippen molar-refractivity contribution in [2.45, 2.75) is 56.3 Å². The van der Waals surface area contributed by atoms with Crippen LogP contribution in [0.15, 0.2) is 17.1 Å². The molecule has 5 rings (SSSR count). The molecule has 4 aliphatic rings. The summed E-state index contributed by atoms with van der Waals surface area (Å²) in [7, 11) is 0. The van der Waals surface area contributed by atoms with Crippen molar-refractivity contribution in [1.82, 2.24) is 4.90 Å². The first-order valence-corrected chi connectivity index (χ1v) is 12.6. The van der Waals surface area contributed by atoms with Gasteiger partial charge in [0, 0.05) is 55.6 Å². The molecule has 0 spiro atoms. The van der Waals surface area contributed by atoms with E-state index in [0.717, 1.165) is 81.4 Å². The fourth-order valence-electron chi connectivity index (χ4n) is 4.94. The third-order valence-corrected chi connectivity index (χ3v) is 8.08. The first-order valence-electron chi connectivity index (χ1n) is 11.3. The molecule has 0 amide bonds. The van der Waals surface area contributed by atoms with Crippen LogP contribution in [0, 0.1) is 0 Å². The van der Waals surface area contributed by atoms with Crippen LogP contribution in [0.25, 0.3) is 0 Å². The number of halogens is 1. The summed E-state index contributed by atoms with van der Waals surface area (Å²) in [5.74, 6) is 1.09. The first kappa shape index (κ1) is 20.9. The van der Waals surface area contributed by atoms with Gasteiger partial charge in [-0.3, -0.25) is 4.99 Å². The maximum absolute atomic E-state index is 6.45. The Labute approximate surface area is 188 Å². The minimum atomic E-state index is 0.268. The zero-order valence-corrected chi connectivity index (χ0v) is 19.0. The largest absolute Gasteiger partial charge is 0.381 e. The molecule has 164 valence electrons. The molecule has 1 aromatic rings. The molecule has 0 radical (unpaired) electrons. The maximum Gasteiger partial charge on any atom is 0.0907 e. The van der Waals surface area contributed by atoms with E-state index in [9.17, 15) is 0 Å². The van der Waals surface area contributed by atoms with Crippen LogP contribution < -0.4 is 16.4 Å². The van der Waals surface area contributed by atoms with Gasteiger partial charge in [0.05, 0.1) is 28.5 Å². The Morgan fingerprint density at radius 1 is 1.30 bits per heavy atom. The molecule has 0 saturated carbocycles. The number of nitrogens with zero attached hydrogens (tertiary/aromatic N) is 2. The highest BCUT2D eigenvalue weighted by Gasteiger charge is 2.32. The van der Waals surface area contributed by atoms with Crippen LogP contribution in [0.4, 0.5) is 11.4 Å². The Bertz CT molecular complexity index is 800. The lowest BCUT2D eigenvalue weighted by Gasteiger charge is -2.25. The summed E-state index contributed by atoms with van der Waals surface area (Å²) >= 11 is 8.37. The molecule has 2 saturated heterocycles. The third-order valence-electron chi connectivity index (χ3n) is 6.63. The molecule has 1 unspecified atom stereocenters. The van der Waals surface area contributed by atoms with E-state index in [0.29, 0.717) is 18.1 Å². The van der Waals surface area contributed by atoms with Crippen molar-refractivity contribution >= 4 is 39.8 Å². The monoisotopic (exact) mass is 449 g/mol. The van der Waals surface area contributed by atoms with E-state index in [4.69, 9.17) is 27.1 Å². The Kier molecular flexibility index (Phi) is 6.44. The molecule has 6 nitrogen and oxygen atoms in total. The summed E-state index contributed by atoms with van der Waals surface area (Å²) in [6.45, 7) is 4.95. The SMILES string of the molecule is N[C@H]1CCN(CC[C@@H]2CSC(C3Cc4cc(Cl)cc(NC5CCOCC5)c4N3)=N2)C1. The summed E-state index contributed by atoms with van der Waals surface area (Å²) in [4.78, 5) is 7.58. The molecular formula is C22H32ClN5OS. The molecule has 3 atom stereocenters. The van der Waals surface area contributed by atoms with Gasteiger partial charge in [-0.05, 0) is 49.9 Å². The summed E-state index contributed by atoms with van der Waals surface area (Å²) in [5.41, 5.74) is 9.65. The number of nitrogens with two attached hydrogens (primary N) is 1. The van der Waals surface area contributed by atoms with Crippen LogP contribution in [-0.4, -0.2) is 72.7 Å². The Balaban J connectivity index is 1.21. The van der Waals surface area contributed by atoms with Crippen LogP contribution in [-0.2, 0) is 11.2 Å². The van der Waals surface area contributed by atoms with E-state index < -0.39 is 0 Å². The van der Waals surface area contributed by atoms with Gasteiger partial charge in [-0.1, -0.05) is 11.6 Å². The lowest BCUT2D eigenvalue weighted by Crippen LogP contribution is -2.29. The average Bonchev–Trinajstić information content (AvgIpc) is 3.46. The van der Waals surface area contributed by atoms with E-state index in [1.54, 1.807) is 0 Å².